The molecule has 27 heavy (non-hydrogen) atoms. The van der Waals surface area contributed by atoms with Crippen molar-refractivity contribution in [3.8, 4) is 11.5 Å². The van der Waals surface area contributed by atoms with Crippen molar-refractivity contribution >= 4 is 34.8 Å². The lowest BCUT2D eigenvalue weighted by Gasteiger charge is -2.13. The summed E-state index contributed by atoms with van der Waals surface area (Å²) in [5.74, 6) is -0.999. The molecule has 2 rings (SSSR count). The van der Waals surface area contributed by atoms with Gasteiger partial charge in [0.05, 0.1) is 17.8 Å². The Morgan fingerprint density at radius 3 is 2.48 bits per heavy atom. The molecule has 0 aliphatic rings. The summed E-state index contributed by atoms with van der Waals surface area (Å²) in [5, 5.41) is 5.47. The normalized spacial score (nSPS) is 10.4. The van der Waals surface area contributed by atoms with Gasteiger partial charge in [-0.2, -0.15) is 8.78 Å². The molecule has 0 heterocycles. The maximum atomic E-state index is 12.5. The van der Waals surface area contributed by atoms with Crippen LogP contribution in [0.1, 0.15) is 23.7 Å². The summed E-state index contributed by atoms with van der Waals surface area (Å²) >= 11 is 6.07. The molecule has 0 aliphatic heterocycles. The number of methoxy groups -OCH3 is 1. The van der Waals surface area contributed by atoms with Crippen LogP contribution in [-0.2, 0) is 4.79 Å². The van der Waals surface area contributed by atoms with Crippen LogP contribution in [0.4, 0.5) is 20.2 Å². The van der Waals surface area contributed by atoms with E-state index in [4.69, 9.17) is 16.3 Å². The zero-order valence-corrected chi connectivity index (χ0v) is 15.3. The molecule has 0 spiro atoms. The van der Waals surface area contributed by atoms with Crippen molar-refractivity contribution < 1.29 is 27.8 Å². The van der Waals surface area contributed by atoms with E-state index in [-0.39, 0.29) is 33.7 Å². The summed E-state index contributed by atoms with van der Waals surface area (Å²) in [5.41, 5.74) is 0.770. The Hall–Kier alpha value is -2.87. The van der Waals surface area contributed by atoms with Gasteiger partial charge in [0, 0.05) is 17.7 Å². The van der Waals surface area contributed by atoms with Gasteiger partial charge in [-0.1, -0.05) is 18.5 Å². The summed E-state index contributed by atoms with van der Waals surface area (Å²) in [6, 6.07) is 8.47. The van der Waals surface area contributed by atoms with Gasteiger partial charge in [0.15, 0.2) is 11.5 Å². The van der Waals surface area contributed by atoms with E-state index in [0.717, 1.165) is 6.07 Å². The molecule has 0 saturated carbocycles. The SMILES string of the molecule is CCC(=O)Nc1ccc(Cl)c(NC(=O)c2ccc(OC)c(OC(F)F)c2)c1. The number of anilines is 2. The van der Waals surface area contributed by atoms with E-state index >= 15 is 0 Å². The van der Waals surface area contributed by atoms with Crippen molar-refractivity contribution in [2.75, 3.05) is 17.7 Å². The second-order valence-corrected chi connectivity index (χ2v) is 5.70. The van der Waals surface area contributed by atoms with E-state index in [1.54, 1.807) is 13.0 Å². The van der Waals surface area contributed by atoms with Crippen molar-refractivity contribution in [1.29, 1.82) is 0 Å². The molecule has 0 fully saturated rings. The fourth-order valence-corrected chi connectivity index (χ4v) is 2.31. The Morgan fingerprint density at radius 2 is 1.85 bits per heavy atom. The van der Waals surface area contributed by atoms with Gasteiger partial charge in [-0.3, -0.25) is 9.59 Å². The number of halogens is 3. The van der Waals surface area contributed by atoms with Crippen LogP contribution in [0.3, 0.4) is 0 Å². The molecule has 144 valence electrons. The fourth-order valence-electron chi connectivity index (χ4n) is 2.15. The van der Waals surface area contributed by atoms with E-state index in [9.17, 15) is 18.4 Å². The predicted molar refractivity (Wildman–Crippen MR) is 98.0 cm³/mol. The van der Waals surface area contributed by atoms with Crippen LogP contribution < -0.4 is 20.1 Å². The zero-order valence-electron chi connectivity index (χ0n) is 14.5. The first-order valence-electron chi connectivity index (χ1n) is 7.87. The number of alkyl halides is 2. The highest BCUT2D eigenvalue weighted by molar-refractivity contribution is 6.34. The number of hydrogen-bond donors (Lipinski definition) is 2. The van der Waals surface area contributed by atoms with Crippen molar-refractivity contribution in [2.45, 2.75) is 20.0 Å². The molecular formula is C18H17ClF2N2O4. The van der Waals surface area contributed by atoms with Gasteiger partial charge in [0.25, 0.3) is 5.91 Å². The second kappa shape index (κ2) is 9.18. The molecule has 0 aromatic heterocycles. The molecule has 0 unspecified atom stereocenters. The second-order valence-electron chi connectivity index (χ2n) is 5.29. The number of carbonyl (C=O) groups is 2. The molecule has 2 amide bonds. The minimum Gasteiger partial charge on any atom is -0.493 e. The third-order valence-electron chi connectivity index (χ3n) is 3.46. The number of carbonyl (C=O) groups excluding carboxylic acids is 2. The first kappa shape index (κ1) is 20.4. The lowest BCUT2D eigenvalue weighted by Crippen LogP contribution is -2.14. The number of benzene rings is 2. The van der Waals surface area contributed by atoms with Gasteiger partial charge in [0.2, 0.25) is 5.91 Å². The van der Waals surface area contributed by atoms with Gasteiger partial charge < -0.3 is 20.1 Å². The maximum Gasteiger partial charge on any atom is 0.387 e. The molecule has 0 bridgehead atoms. The molecule has 6 nitrogen and oxygen atoms in total. The lowest BCUT2D eigenvalue weighted by molar-refractivity contribution is -0.115. The molecule has 0 atom stereocenters. The van der Waals surface area contributed by atoms with E-state index in [1.807, 2.05) is 0 Å². The van der Waals surface area contributed by atoms with Gasteiger partial charge in [-0.15, -0.1) is 0 Å². The Morgan fingerprint density at radius 1 is 1.11 bits per heavy atom. The van der Waals surface area contributed by atoms with Crippen LogP contribution >= 0.6 is 11.6 Å². The smallest absolute Gasteiger partial charge is 0.387 e. The van der Waals surface area contributed by atoms with E-state index in [1.165, 1.54) is 31.4 Å². The van der Waals surface area contributed by atoms with Gasteiger partial charge in [-0.05, 0) is 36.4 Å². The van der Waals surface area contributed by atoms with Crippen LogP contribution in [0.15, 0.2) is 36.4 Å². The minimum atomic E-state index is -3.06. The van der Waals surface area contributed by atoms with Gasteiger partial charge in [-0.25, -0.2) is 0 Å². The average Bonchev–Trinajstić information content (AvgIpc) is 2.63. The van der Waals surface area contributed by atoms with Crippen molar-refractivity contribution in [2.24, 2.45) is 0 Å². The molecule has 0 aliphatic carbocycles. The van der Waals surface area contributed by atoms with E-state index in [0.29, 0.717) is 12.1 Å². The van der Waals surface area contributed by atoms with Crippen LogP contribution in [0.5, 0.6) is 11.5 Å². The highest BCUT2D eigenvalue weighted by Crippen LogP contribution is 2.31. The van der Waals surface area contributed by atoms with Gasteiger partial charge >= 0.3 is 6.61 Å². The van der Waals surface area contributed by atoms with Crippen LogP contribution in [0.2, 0.25) is 5.02 Å². The summed E-state index contributed by atoms with van der Waals surface area (Å²) in [6.45, 7) is -1.36. The summed E-state index contributed by atoms with van der Waals surface area (Å²) < 4.78 is 34.3. The van der Waals surface area contributed by atoms with E-state index < -0.39 is 12.5 Å². The summed E-state index contributed by atoms with van der Waals surface area (Å²) in [6.07, 6.45) is 0.295. The number of hydrogen-bond acceptors (Lipinski definition) is 4. The molecule has 9 heteroatoms. The molecule has 0 radical (unpaired) electrons. The van der Waals surface area contributed by atoms with Gasteiger partial charge in [0.1, 0.15) is 0 Å². The molecule has 2 aromatic carbocycles. The standard InChI is InChI=1S/C18H17ClF2N2O4/c1-3-16(24)22-11-5-6-12(19)13(9-11)23-17(25)10-4-7-14(26-2)15(8-10)27-18(20)21/h4-9,18H,3H2,1-2H3,(H,22,24)(H,23,25). The number of ether oxygens (including phenoxy) is 2. The highest BCUT2D eigenvalue weighted by atomic mass is 35.5. The van der Waals surface area contributed by atoms with Crippen molar-refractivity contribution in [3.63, 3.8) is 0 Å². The number of amides is 2. The van der Waals surface area contributed by atoms with Crippen LogP contribution in [0, 0.1) is 0 Å². The number of nitrogens with one attached hydrogen (secondary N) is 2. The monoisotopic (exact) mass is 398 g/mol. The Kier molecular flexibility index (Phi) is 6.95. The summed E-state index contributed by atoms with van der Waals surface area (Å²) in [7, 11) is 1.29. The van der Waals surface area contributed by atoms with Crippen molar-refractivity contribution in [1.82, 2.24) is 0 Å². The third kappa shape index (κ3) is 5.55. The fraction of sp³-hybridized carbons (Fsp3) is 0.222. The largest absolute Gasteiger partial charge is 0.493 e. The third-order valence-corrected chi connectivity index (χ3v) is 3.79. The van der Waals surface area contributed by atoms with Crippen LogP contribution in [0.25, 0.3) is 0 Å². The van der Waals surface area contributed by atoms with Crippen molar-refractivity contribution in [3.05, 3.63) is 47.0 Å². The molecule has 0 saturated heterocycles. The predicted octanol–water partition coefficient (Wildman–Crippen LogP) is 4.55. The Bertz CT molecular complexity index is 846. The Labute approximate surface area is 159 Å². The average molecular weight is 399 g/mol. The first-order valence-corrected chi connectivity index (χ1v) is 8.25. The summed E-state index contributed by atoms with van der Waals surface area (Å²) in [4.78, 5) is 23.9. The van der Waals surface area contributed by atoms with E-state index in [2.05, 4.69) is 15.4 Å². The topological polar surface area (TPSA) is 76.7 Å². The quantitative estimate of drug-likeness (QED) is 0.717. The molecular weight excluding hydrogens is 382 g/mol. The minimum absolute atomic E-state index is 0.0607. The lowest BCUT2D eigenvalue weighted by atomic mass is 10.1. The maximum absolute atomic E-state index is 12.5. The highest BCUT2D eigenvalue weighted by Gasteiger charge is 2.16. The molecule has 2 aromatic rings. The first-order chi connectivity index (χ1) is 12.8. The number of rotatable bonds is 7. The Balaban J connectivity index is 2.24. The molecule has 2 N–H and O–H groups in total. The zero-order chi connectivity index (χ0) is 20.0. The van der Waals surface area contributed by atoms with Crippen LogP contribution in [-0.4, -0.2) is 25.5 Å².